The number of hydrogen-bond donors (Lipinski definition) is 1. The second kappa shape index (κ2) is 5.51. The molecule has 104 valence electrons. The molecule has 4 heteroatoms. The summed E-state index contributed by atoms with van der Waals surface area (Å²) in [7, 11) is 0. The van der Waals surface area contributed by atoms with Gasteiger partial charge < -0.3 is 10.0 Å². The van der Waals surface area contributed by atoms with Crippen LogP contribution in [0.15, 0.2) is 18.2 Å². The molecule has 1 aliphatic heterocycles. The molecule has 1 aromatic carbocycles. The average Bonchev–Trinajstić information content (AvgIpc) is 2.41. The first-order valence-corrected chi connectivity index (χ1v) is 7.00. The molecule has 2 rings (SSSR count). The molecule has 0 radical (unpaired) electrons. The van der Waals surface area contributed by atoms with Crippen LogP contribution in [0.2, 0.25) is 5.02 Å². The molecule has 1 heterocycles. The minimum absolute atomic E-state index is 0.0342. The average molecular weight is 282 g/mol. The van der Waals surface area contributed by atoms with Crippen LogP contribution < -0.4 is 0 Å². The van der Waals surface area contributed by atoms with Crippen LogP contribution in [0.5, 0.6) is 0 Å². The van der Waals surface area contributed by atoms with Crippen molar-refractivity contribution >= 4 is 17.5 Å². The van der Waals surface area contributed by atoms with Gasteiger partial charge in [0.1, 0.15) is 0 Å². The Morgan fingerprint density at radius 1 is 1.53 bits per heavy atom. The topological polar surface area (TPSA) is 40.5 Å². The van der Waals surface area contributed by atoms with Crippen molar-refractivity contribution in [3.63, 3.8) is 0 Å². The van der Waals surface area contributed by atoms with Crippen molar-refractivity contribution in [1.29, 1.82) is 0 Å². The van der Waals surface area contributed by atoms with E-state index in [1.54, 1.807) is 11.0 Å². The lowest BCUT2D eigenvalue weighted by atomic mass is 9.82. The number of aryl methyl sites for hydroxylation is 1. The third kappa shape index (κ3) is 2.93. The summed E-state index contributed by atoms with van der Waals surface area (Å²) < 4.78 is 0. The van der Waals surface area contributed by atoms with Crippen molar-refractivity contribution in [1.82, 2.24) is 4.90 Å². The van der Waals surface area contributed by atoms with Crippen LogP contribution in [0.3, 0.4) is 0 Å². The number of carbonyl (C=O) groups excluding carboxylic acids is 1. The Morgan fingerprint density at radius 2 is 2.26 bits per heavy atom. The molecule has 1 aliphatic rings. The Labute approximate surface area is 119 Å². The molecule has 3 nitrogen and oxygen atoms in total. The largest absolute Gasteiger partial charge is 0.396 e. The van der Waals surface area contributed by atoms with Gasteiger partial charge >= 0.3 is 0 Å². The van der Waals surface area contributed by atoms with Crippen molar-refractivity contribution < 1.29 is 9.90 Å². The number of aliphatic hydroxyl groups is 1. The molecule has 1 N–H and O–H groups in total. The molecule has 1 saturated heterocycles. The minimum atomic E-state index is -0.190. The van der Waals surface area contributed by atoms with E-state index in [9.17, 15) is 9.90 Å². The maximum absolute atomic E-state index is 12.5. The summed E-state index contributed by atoms with van der Waals surface area (Å²) >= 11 is 6.22. The van der Waals surface area contributed by atoms with E-state index >= 15 is 0 Å². The highest BCUT2D eigenvalue weighted by Crippen LogP contribution is 2.30. The van der Waals surface area contributed by atoms with Crippen LogP contribution in [0.1, 0.15) is 35.7 Å². The van der Waals surface area contributed by atoms with Gasteiger partial charge in [-0.05, 0) is 31.4 Å². The summed E-state index contributed by atoms with van der Waals surface area (Å²) in [5.41, 5.74) is 1.28. The van der Waals surface area contributed by atoms with Crippen LogP contribution in [0, 0.1) is 12.3 Å². The highest BCUT2D eigenvalue weighted by Gasteiger charge is 2.33. The van der Waals surface area contributed by atoms with E-state index in [2.05, 4.69) is 0 Å². The molecule has 0 aromatic heterocycles. The van der Waals surface area contributed by atoms with E-state index in [0.29, 0.717) is 17.1 Å². The summed E-state index contributed by atoms with van der Waals surface area (Å²) in [6, 6.07) is 5.51. The zero-order valence-electron chi connectivity index (χ0n) is 11.4. The second-order valence-electron chi connectivity index (χ2n) is 5.74. The Hall–Kier alpha value is -1.06. The monoisotopic (exact) mass is 281 g/mol. The highest BCUT2D eigenvalue weighted by atomic mass is 35.5. The number of nitrogens with zero attached hydrogens (tertiary/aromatic N) is 1. The molecular formula is C15H20ClNO2. The number of halogens is 1. The van der Waals surface area contributed by atoms with E-state index < -0.39 is 0 Å². The van der Waals surface area contributed by atoms with Crippen molar-refractivity contribution in [3.05, 3.63) is 34.3 Å². The number of benzene rings is 1. The predicted octanol–water partition coefficient (Wildman–Crippen LogP) is 2.88. The van der Waals surface area contributed by atoms with Gasteiger partial charge in [0.2, 0.25) is 0 Å². The van der Waals surface area contributed by atoms with Crippen LogP contribution in [0.4, 0.5) is 0 Å². The molecule has 0 spiro atoms. The molecule has 0 saturated carbocycles. The normalized spacial score (nSPS) is 23.5. The zero-order valence-corrected chi connectivity index (χ0v) is 12.2. The molecule has 19 heavy (non-hydrogen) atoms. The highest BCUT2D eigenvalue weighted by molar-refractivity contribution is 6.34. The van der Waals surface area contributed by atoms with E-state index in [1.165, 1.54) is 0 Å². The second-order valence-corrected chi connectivity index (χ2v) is 6.11. The number of carbonyl (C=O) groups is 1. The number of aliphatic hydroxyl groups excluding tert-OH is 1. The third-order valence-electron chi connectivity index (χ3n) is 3.87. The van der Waals surface area contributed by atoms with E-state index in [0.717, 1.165) is 24.9 Å². The minimum Gasteiger partial charge on any atom is -0.396 e. The molecule has 0 aliphatic carbocycles. The quantitative estimate of drug-likeness (QED) is 0.905. The Kier molecular flexibility index (Phi) is 4.16. The van der Waals surface area contributed by atoms with Gasteiger partial charge in [-0.3, -0.25) is 4.79 Å². The van der Waals surface area contributed by atoms with Crippen molar-refractivity contribution in [2.75, 3.05) is 19.7 Å². The number of likely N-dealkylation sites (tertiary alicyclic amines) is 1. The summed E-state index contributed by atoms with van der Waals surface area (Å²) in [6.45, 7) is 5.35. The van der Waals surface area contributed by atoms with Crippen molar-refractivity contribution in [2.24, 2.45) is 5.41 Å². The van der Waals surface area contributed by atoms with E-state index in [1.807, 2.05) is 26.0 Å². The van der Waals surface area contributed by atoms with Gasteiger partial charge in [-0.15, -0.1) is 0 Å². The SMILES string of the molecule is Cc1cccc(C(=O)N2CCCC(C)(CO)C2)c1Cl. The first kappa shape index (κ1) is 14.4. The lowest BCUT2D eigenvalue weighted by molar-refractivity contribution is 0.0358. The molecule has 1 aromatic rings. The number of rotatable bonds is 2. The summed E-state index contributed by atoms with van der Waals surface area (Å²) in [5, 5.41) is 9.99. The van der Waals surface area contributed by atoms with Crippen LogP contribution >= 0.6 is 11.6 Å². The first-order valence-electron chi connectivity index (χ1n) is 6.62. The first-order chi connectivity index (χ1) is 8.97. The standard InChI is InChI=1S/C15H20ClNO2/c1-11-5-3-6-12(13(11)16)14(19)17-8-4-7-15(2,9-17)10-18/h3,5-6,18H,4,7-10H2,1-2H3. The Morgan fingerprint density at radius 3 is 2.95 bits per heavy atom. The van der Waals surface area contributed by atoms with Gasteiger partial charge in [-0.2, -0.15) is 0 Å². The van der Waals surface area contributed by atoms with E-state index in [-0.39, 0.29) is 17.9 Å². The Bertz CT molecular complexity index is 489. The van der Waals surface area contributed by atoms with Gasteiger partial charge in [0.15, 0.2) is 0 Å². The fourth-order valence-corrected chi connectivity index (χ4v) is 2.81. The molecule has 1 fully saturated rings. The molecule has 0 bridgehead atoms. The van der Waals surface area contributed by atoms with Crippen molar-refractivity contribution in [2.45, 2.75) is 26.7 Å². The van der Waals surface area contributed by atoms with Crippen LogP contribution in [-0.2, 0) is 0 Å². The number of piperidine rings is 1. The molecule has 1 unspecified atom stereocenters. The smallest absolute Gasteiger partial charge is 0.255 e. The zero-order chi connectivity index (χ0) is 14.0. The van der Waals surface area contributed by atoms with Crippen LogP contribution in [0.25, 0.3) is 0 Å². The molecule has 1 amide bonds. The van der Waals surface area contributed by atoms with Gasteiger partial charge in [0, 0.05) is 18.5 Å². The van der Waals surface area contributed by atoms with Crippen LogP contribution in [-0.4, -0.2) is 35.6 Å². The van der Waals surface area contributed by atoms with E-state index in [4.69, 9.17) is 11.6 Å². The summed E-state index contributed by atoms with van der Waals surface area (Å²) in [5.74, 6) is -0.0342. The maximum Gasteiger partial charge on any atom is 0.255 e. The van der Waals surface area contributed by atoms with Crippen molar-refractivity contribution in [3.8, 4) is 0 Å². The third-order valence-corrected chi connectivity index (χ3v) is 4.37. The van der Waals surface area contributed by atoms with Gasteiger partial charge in [-0.1, -0.05) is 30.7 Å². The fourth-order valence-electron chi connectivity index (χ4n) is 2.60. The molecular weight excluding hydrogens is 262 g/mol. The lowest BCUT2D eigenvalue weighted by Crippen LogP contribution is -2.46. The lowest BCUT2D eigenvalue weighted by Gasteiger charge is -2.39. The predicted molar refractivity (Wildman–Crippen MR) is 76.5 cm³/mol. The summed E-state index contributed by atoms with van der Waals surface area (Å²) in [6.07, 6.45) is 1.88. The fraction of sp³-hybridized carbons (Fsp3) is 0.533. The summed E-state index contributed by atoms with van der Waals surface area (Å²) in [4.78, 5) is 14.3. The number of amides is 1. The number of hydrogen-bond acceptors (Lipinski definition) is 2. The molecule has 1 atom stereocenters. The maximum atomic E-state index is 12.5. The van der Waals surface area contributed by atoms with Gasteiger partial charge in [0.05, 0.1) is 17.2 Å². The van der Waals surface area contributed by atoms with Gasteiger partial charge in [-0.25, -0.2) is 0 Å². The van der Waals surface area contributed by atoms with Gasteiger partial charge in [0.25, 0.3) is 5.91 Å². The Balaban J connectivity index is 2.22.